The number of anilines is 1. The molecule has 1 heterocycles. The van der Waals surface area contributed by atoms with Crippen LogP contribution in [0.25, 0.3) is 10.9 Å². The predicted molar refractivity (Wildman–Crippen MR) is 104 cm³/mol. The Labute approximate surface area is 151 Å². The molecule has 1 aliphatic rings. The van der Waals surface area contributed by atoms with E-state index in [0.717, 1.165) is 10.9 Å². The van der Waals surface area contributed by atoms with Gasteiger partial charge in [0.1, 0.15) is 12.1 Å². The summed E-state index contributed by atoms with van der Waals surface area (Å²) in [5, 5.41) is 14.2. The fraction of sp³-hybridized carbons (Fsp3) is 0.600. The molecule has 1 saturated carbocycles. The number of nitrogens with zero attached hydrogens (tertiary/aromatic N) is 2. The number of benzene rings is 1. The van der Waals surface area contributed by atoms with Gasteiger partial charge in [-0.3, -0.25) is 0 Å². The highest BCUT2D eigenvalue weighted by Crippen LogP contribution is 2.20. The third-order valence-corrected chi connectivity index (χ3v) is 4.97. The highest BCUT2D eigenvalue weighted by Gasteiger charge is 2.25. The maximum absolute atomic E-state index is 9.75. The van der Waals surface area contributed by atoms with Gasteiger partial charge in [0.25, 0.3) is 0 Å². The molecule has 3 rings (SSSR count). The van der Waals surface area contributed by atoms with Crippen LogP contribution in [0.3, 0.4) is 0 Å². The third kappa shape index (κ3) is 5.94. The van der Waals surface area contributed by atoms with E-state index >= 15 is 0 Å². The van der Waals surface area contributed by atoms with E-state index in [1.165, 1.54) is 44.0 Å². The van der Waals surface area contributed by atoms with Crippen LogP contribution >= 0.6 is 0 Å². The topological polar surface area (TPSA) is 84.1 Å². The zero-order valence-corrected chi connectivity index (χ0v) is 15.9. The molecule has 1 aromatic heterocycles. The standard InChI is InChI=1S/C11H23NO.C9H9N3/c1-9(11(2,3)13)12-10-7-5-4-6-8-10;1-6-2-3-8-7(4-6)9(10)12-5-11-8/h9-10,12-13H,4-8H2,1-3H3;2-5H,1H3,(H2,10,11,12). The van der Waals surface area contributed by atoms with Crippen LogP contribution in [-0.4, -0.2) is 32.8 Å². The number of nitrogens with two attached hydrogens (primary N) is 1. The Morgan fingerprint density at radius 3 is 2.52 bits per heavy atom. The van der Waals surface area contributed by atoms with Gasteiger partial charge in [0.15, 0.2) is 0 Å². The highest BCUT2D eigenvalue weighted by atomic mass is 16.3. The smallest absolute Gasteiger partial charge is 0.134 e. The van der Waals surface area contributed by atoms with Crippen LogP contribution in [0.4, 0.5) is 5.82 Å². The van der Waals surface area contributed by atoms with Gasteiger partial charge in [-0.05, 0) is 52.7 Å². The van der Waals surface area contributed by atoms with Gasteiger partial charge in [0.2, 0.25) is 0 Å². The molecule has 1 aliphatic carbocycles. The van der Waals surface area contributed by atoms with Crippen molar-refractivity contribution in [2.75, 3.05) is 5.73 Å². The van der Waals surface area contributed by atoms with E-state index in [1.54, 1.807) is 0 Å². The average Bonchev–Trinajstić information content (AvgIpc) is 2.56. The quantitative estimate of drug-likeness (QED) is 0.792. The predicted octanol–water partition coefficient (Wildman–Crippen LogP) is 3.59. The molecule has 4 N–H and O–H groups in total. The number of nitrogens with one attached hydrogen (secondary N) is 1. The summed E-state index contributed by atoms with van der Waals surface area (Å²) in [5.41, 5.74) is 7.14. The molecule has 0 saturated heterocycles. The molecule has 0 spiro atoms. The molecule has 5 heteroatoms. The van der Waals surface area contributed by atoms with Crippen molar-refractivity contribution in [1.29, 1.82) is 0 Å². The Bertz CT molecular complexity index is 675. The summed E-state index contributed by atoms with van der Waals surface area (Å²) in [5.74, 6) is 0.545. The summed E-state index contributed by atoms with van der Waals surface area (Å²) >= 11 is 0. The van der Waals surface area contributed by atoms with Gasteiger partial charge < -0.3 is 16.2 Å². The number of aromatic nitrogens is 2. The average molecular weight is 345 g/mol. The van der Waals surface area contributed by atoms with Crippen molar-refractivity contribution < 1.29 is 5.11 Å². The van der Waals surface area contributed by atoms with E-state index in [-0.39, 0.29) is 6.04 Å². The van der Waals surface area contributed by atoms with E-state index in [4.69, 9.17) is 5.73 Å². The van der Waals surface area contributed by atoms with Crippen molar-refractivity contribution in [2.45, 2.75) is 77.5 Å². The maximum atomic E-state index is 9.75. The number of aliphatic hydroxyl groups is 1. The Morgan fingerprint density at radius 2 is 1.88 bits per heavy atom. The molecule has 5 nitrogen and oxygen atoms in total. The Balaban J connectivity index is 0.000000181. The number of hydrogen-bond acceptors (Lipinski definition) is 5. The molecule has 1 atom stereocenters. The first kappa shape index (κ1) is 19.6. The first-order valence-electron chi connectivity index (χ1n) is 9.22. The largest absolute Gasteiger partial charge is 0.389 e. The lowest BCUT2D eigenvalue weighted by atomic mass is 9.92. The van der Waals surface area contributed by atoms with Crippen LogP contribution in [-0.2, 0) is 0 Å². The molecular formula is C20H32N4O. The van der Waals surface area contributed by atoms with Crippen LogP contribution in [0, 0.1) is 6.92 Å². The van der Waals surface area contributed by atoms with Crippen molar-refractivity contribution in [3.05, 3.63) is 30.1 Å². The third-order valence-electron chi connectivity index (χ3n) is 4.97. The molecule has 25 heavy (non-hydrogen) atoms. The molecule has 138 valence electrons. The van der Waals surface area contributed by atoms with Crippen molar-refractivity contribution in [3.63, 3.8) is 0 Å². The van der Waals surface area contributed by atoms with Gasteiger partial charge >= 0.3 is 0 Å². The van der Waals surface area contributed by atoms with Crippen molar-refractivity contribution >= 4 is 16.7 Å². The fourth-order valence-electron chi connectivity index (χ4n) is 3.02. The highest BCUT2D eigenvalue weighted by molar-refractivity contribution is 5.88. The number of fused-ring (bicyclic) bond motifs is 1. The summed E-state index contributed by atoms with van der Waals surface area (Å²) in [6, 6.07) is 6.77. The van der Waals surface area contributed by atoms with E-state index < -0.39 is 5.60 Å². The molecular weight excluding hydrogens is 312 g/mol. The lowest BCUT2D eigenvalue weighted by Gasteiger charge is -2.32. The summed E-state index contributed by atoms with van der Waals surface area (Å²) in [6.07, 6.45) is 8.11. The molecule has 0 bridgehead atoms. The monoisotopic (exact) mass is 344 g/mol. The first-order valence-corrected chi connectivity index (χ1v) is 9.22. The van der Waals surface area contributed by atoms with Gasteiger partial charge in [0, 0.05) is 17.5 Å². The molecule has 1 aromatic carbocycles. The normalized spacial score (nSPS) is 17.0. The number of nitrogen functional groups attached to an aromatic ring is 1. The number of aryl methyl sites for hydroxylation is 1. The molecule has 1 unspecified atom stereocenters. The minimum atomic E-state index is -0.600. The van der Waals surface area contributed by atoms with Crippen LogP contribution in [0.5, 0.6) is 0 Å². The molecule has 0 amide bonds. The SMILES string of the molecule is CC(NC1CCCCC1)C(C)(C)O.Cc1ccc2ncnc(N)c2c1. The first-order chi connectivity index (χ1) is 11.8. The lowest BCUT2D eigenvalue weighted by Crippen LogP contribution is -2.49. The Morgan fingerprint density at radius 1 is 1.20 bits per heavy atom. The second-order valence-electron chi connectivity index (χ2n) is 7.66. The van der Waals surface area contributed by atoms with Crippen LogP contribution in [0.2, 0.25) is 0 Å². The van der Waals surface area contributed by atoms with Gasteiger partial charge in [-0.2, -0.15) is 0 Å². The van der Waals surface area contributed by atoms with Gasteiger partial charge in [-0.1, -0.05) is 30.9 Å². The van der Waals surface area contributed by atoms with Gasteiger partial charge in [-0.25, -0.2) is 9.97 Å². The van der Waals surface area contributed by atoms with E-state index in [9.17, 15) is 5.11 Å². The van der Waals surface area contributed by atoms with Crippen LogP contribution < -0.4 is 11.1 Å². The Hall–Kier alpha value is -1.72. The number of rotatable bonds is 3. The minimum Gasteiger partial charge on any atom is -0.389 e. The van der Waals surface area contributed by atoms with Crippen molar-refractivity contribution in [3.8, 4) is 0 Å². The number of hydrogen-bond donors (Lipinski definition) is 3. The molecule has 0 aliphatic heterocycles. The fourth-order valence-corrected chi connectivity index (χ4v) is 3.02. The molecule has 2 aromatic rings. The summed E-state index contributed by atoms with van der Waals surface area (Å²) in [4.78, 5) is 8.01. The van der Waals surface area contributed by atoms with Crippen LogP contribution in [0.15, 0.2) is 24.5 Å². The Kier molecular flexibility index (Phi) is 6.73. The van der Waals surface area contributed by atoms with Crippen molar-refractivity contribution in [2.24, 2.45) is 0 Å². The second-order valence-corrected chi connectivity index (χ2v) is 7.66. The minimum absolute atomic E-state index is 0.190. The van der Waals surface area contributed by atoms with E-state index in [0.29, 0.717) is 11.9 Å². The van der Waals surface area contributed by atoms with E-state index in [2.05, 4.69) is 22.2 Å². The summed E-state index contributed by atoms with van der Waals surface area (Å²) < 4.78 is 0. The second kappa shape index (κ2) is 8.59. The summed E-state index contributed by atoms with van der Waals surface area (Å²) in [6.45, 7) is 7.82. The summed E-state index contributed by atoms with van der Waals surface area (Å²) in [7, 11) is 0. The lowest BCUT2D eigenvalue weighted by molar-refractivity contribution is 0.0377. The molecule has 1 fully saturated rings. The van der Waals surface area contributed by atoms with Crippen molar-refractivity contribution in [1.82, 2.24) is 15.3 Å². The van der Waals surface area contributed by atoms with Gasteiger partial charge in [0.05, 0.1) is 11.1 Å². The molecule has 0 radical (unpaired) electrons. The maximum Gasteiger partial charge on any atom is 0.134 e. The zero-order chi connectivity index (χ0) is 18.4. The van der Waals surface area contributed by atoms with Crippen LogP contribution in [0.1, 0.15) is 58.4 Å². The van der Waals surface area contributed by atoms with E-state index in [1.807, 2.05) is 39.0 Å². The van der Waals surface area contributed by atoms with Gasteiger partial charge in [-0.15, -0.1) is 0 Å². The zero-order valence-electron chi connectivity index (χ0n) is 15.9.